The van der Waals surface area contributed by atoms with Gasteiger partial charge in [0.25, 0.3) is 0 Å². The third-order valence-electron chi connectivity index (χ3n) is 3.89. The minimum atomic E-state index is -0.393. The van der Waals surface area contributed by atoms with Crippen LogP contribution in [0.1, 0.15) is 40.3 Å². The summed E-state index contributed by atoms with van der Waals surface area (Å²) in [6.45, 7) is 10.2. The van der Waals surface area contributed by atoms with E-state index in [0.29, 0.717) is 5.69 Å². The van der Waals surface area contributed by atoms with Gasteiger partial charge < -0.3 is 15.0 Å². The minimum Gasteiger partial charge on any atom is -0.399 e. The zero-order valence-corrected chi connectivity index (χ0v) is 11.8. The van der Waals surface area contributed by atoms with E-state index < -0.39 is 7.12 Å². The SMILES string of the molecule is CCc1ncc(B2OC(C)(C)C(C)(C)O2)cc1N. The monoisotopic (exact) mass is 248 g/mol. The second-order valence-corrected chi connectivity index (χ2v) is 5.75. The Balaban J connectivity index is 2.27. The van der Waals surface area contributed by atoms with E-state index in [1.165, 1.54) is 0 Å². The number of nitrogens with zero attached hydrogens (tertiary/aromatic N) is 1. The van der Waals surface area contributed by atoms with Crippen molar-refractivity contribution in [2.75, 3.05) is 5.73 Å². The van der Waals surface area contributed by atoms with Crippen LogP contribution in [-0.4, -0.2) is 23.3 Å². The Bertz CT molecular complexity index is 444. The van der Waals surface area contributed by atoms with Crippen LogP contribution in [0.5, 0.6) is 0 Å². The predicted octanol–water partition coefficient (Wildman–Crippen LogP) is 1.53. The molecule has 0 radical (unpaired) electrons. The highest BCUT2D eigenvalue weighted by Gasteiger charge is 2.51. The van der Waals surface area contributed by atoms with Gasteiger partial charge in [0.05, 0.1) is 22.6 Å². The normalized spacial score (nSPS) is 21.3. The number of pyridine rings is 1. The van der Waals surface area contributed by atoms with Crippen LogP contribution >= 0.6 is 0 Å². The molecule has 1 fully saturated rings. The number of nitrogen functional groups attached to an aromatic ring is 1. The first-order chi connectivity index (χ1) is 8.27. The molecule has 1 saturated heterocycles. The molecule has 2 heterocycles. The van der Waals surface area contributed by atoms with Gasteiger partial charge in [-0.1, -0.05) is 6.92 Å². The first-order valence-corrected chi connectivity index (χ1v) is 6.37. The lowest BCUT2D eigenvalue weighted by atomic mass is 9.80. The molecule has 1 aliphatic heterocycles. The summed E-state index contributed by atoms with van der Waals surface area (Å²) in [5, 5.41) is 0. The van der Waals surface area contributed by atoms with Gasteiger partial charge in [0.1, 0.15) is 0 Å². The van der Waals surface area contributed by atoms with Crippen LogP contribution in [-0.2, 0) is 15.7 Å². The maximum atomic E-state index is 5.96. The molecule has 0 bridgehead atoms. The lowest BCUT2D eigenvalue weighted by Crippen LogP contribution is -2.41. The summed E-state index contributed by atoms with van der Waals surface area (Å²) < 4.78 is 11.9. The standard InChI is InChI=1S/C13H21BN2O2/c1-6-11-10(15)7-9(8-16-11)14-17-12(2,3)13(4,5)18-14/h7-8H,6,15H2,1-5H3. The van der Waals surface area contributed by atoms with Crippen LogP contribution in [0.15, 0.2) is 12.3 Å². The third kappa shape index (κ3) is 2.13. The van der Waals surface area contributed by atoms with Crippen LogP contribution in [0.4, 0.5) is 5.69 Å². The van der Waals surface area contributed by atoms with Crippen molar-refractivity contribution in [3.63, 3.8) is 0 Å². The van der Waals surface area contributed by atoms with Gasteiger partial charge in [0.15, 0.2) is 0 Å². The molecule has 0 saturated carbocycles. The fourth-order valence-corrected chi connectivity index (χ4v) is 1.93. The zero-order valence-electron chi connectivity index (χ0n) is 11.8. The summed E-state index contributed by atoms with van der Waals surface area (Å²) in [6, 6.07) is 1.90. The Labute approximate surface area is 109 Å². The van der Waals surface area contributed by atoms with Crippen molar-refractivity contribution in [2.45, 2.75) is 52.2 Å². The van der Waals surface area contributed by atoms with Gasteiger partial charge in [-0.05, 0) is 40.2 Å². The van der Waals surface area contributed by atoms with E-state index >= 15 is 0 Å². The molecule has 0 spiro atoms. The van der Waals surface area contributed by atoms with Crippen LogP contribution in [0.3, 0.4) is 0 Å². The summed E-state index contributed by atoms with van der Waals surface area (Å²) in [5.74, 6) is 0. The van der Waals surface area contributed by atoms with Crippen molar-refractivity contribution >= 4 is 18.3 Å². The van der Waals surface area contributed by atoms with Gasteiger partial charge in [0, 0.05) is 11.7 Å². The topological polar surface area (TPSA) is 57.4 Å². The van der Waals surface area contributed by atoms with Gasteiger partial charge in [-0.25, -0.2) is 0 Å². The maximum Gasteiger partial charge on any atom is 0.496 e. The minimum absolute atomic E-state index is 0.337. The zero-order chi connectivity index (χ0) is 13.6. The van der Waals surface area contributed by atoms with E-state index in [0.717, 1.165) is 17.6 Å². The van der Waals surface area contributed by atoms with Crippen LogP contribution in [0, 0.1) is 0 Å². The molecular weight excluding hydrogens is 227 g/mol. The Hall–Kier alpha value is -1.07. The second kappa shape index (κ2) is 4.25. The Morgan fingerprint density at radius 1 is 1.22 bits per heavy atom. The number of aryl methyl sites for hydroxylation is 1. The first kappa shape index (κ1) is 13.4. The van der Waals surface area contributed by atoms with Crippen molar-refractivity contribution in [3.05, 3.63) is 18.0 Å². The Morgan fingerprint density at radius 3 is 2.22 bits per heavy atom. The van der Waals surface area contributed by atoms with Gasteiger partial charge in [-0.2, -0.15) is 0 Å². The number of hydrogen-bond acceptors (Lipinski definition) is 4. The summed E-state index contributed by atoms with van der Waals surface area (Å²) >= 11 is 0. The predicted molar refractivity (Wildman–Crippen MR) is 73.7 cm³/mol. The highest BCUT2D eigenvalue weighted by atomic mass is 16.7. The molecule has 0 atom stereocenters. The molecule has 0 amide bonds. The van der Waals surface area contributed by atoms with Crippen molar-refractivity contribution in [2.24, 2.45) is 0 Å². The Morgan fingerprint density at radius 2 is 1.78 bits per heavy atom. The lowest BCUT2D eigenvalue weighted by Gasteiger charge is -2.32. The quantitative estimate of drug-likeness (QED) is 0.806. The maximum absolute atomic E-state index is 5.96. The molecule has 5 heteroatoms. The van der Waals surface area contributed by atoms with E-state index in [9.17, 15) is 0 Å². The first-order valence-electron chi connectivity index (χ1n) is 6.37. The average Bonchev–Trinajstić information content (AvgIpc) is 2.48. The smallest absolute Gasteiger partial charge is 0.399 e. The molecular formula is C13H21BN2O2. The van der Waals surface area contributed by atoms with Crippen molar-refractivity contribution in [3.8, 4) is 0 Å². The summed E-state index contributed by atoms with van der Waals surface area (Å²) in [5.41, 5.74) is 7.78. The van der Waals surface area contributed by atoms with Gasteiger partial charge in [0.2, 0.25) is 0 Å². The molecule has 0 unspecified atom stereocenters. The van der Waals surface area contributed by atoms with E-state index in [4.69, 9.17) is 15.0 Å². The fourth-order valence-electron chi connectivity index (χ4n) is 1.93. The van der Waals surface area contributed by atoms with Crippen LogP contribution in [0.2, 0.25) is 0 Å². The molecule has 98 valence electrons. The average molecular weight is 248 g/mol. The molecule has 1 aromatic rings. The number of anilines is 1. The number of nitrogens with two attached hydrogens (primary N) is 1. The molecule has 2 rings (SSSR count). The molecule has 4 nitrogen and oxygen atoms in total. The molecule has 18 heavy (non-hydrogen) atoms. The highest BCUT2D eigenvalue weighted by Crippen LogP contribution is 2.36. The number of aromatic nitrogens is 1. The molecule has 0 aliphatic carbocycles. The summed E-state index contributed by atoms with van der Waals surface area (Å²) in [7, 11) is -0.393. The molecule has 1 aromatic heterocycles. The van der Waals surface area contributed by atoms with E-state index in [1.54, 1.807) is 6.20 Å². The third-order valence-corrected chi connectivity index (χ3v) is 3.89. The van der Waals surface area contributed by atoms with E-state index in [-0.39, 0.29) is 11.2 Å². The van der Waals surface area contributed by atoms with Gasteiger partial charge in [-0.3, -0.25) is 4.98 Å². The van der Waals surface area contributed by atoms with Crippen molar-refractivity contribution in [1.82, 2.24) is 4.98 Å². The Kier molecular flexibility index (Phi) is 3.15. The molecule has 0 aromatic carbocycles. The summed E-state index contributed by atoms with van der Waals surface area (Å²) in [6.07, 6.45) is 2.62. The van der Waals surface area contributed by atoms with Crippen LogP contribution in [0.25, 0.3) is 0 Å². The summed E-state index contributed by atoms with van der Waals surface area (Å²) in [4.78, 5) is 4.35. The largest absolute Gasteiger partial charge is 0.496 e. The lowest BCUT2D eigenvalue weighted by molar-refractivity contribution is 0.00578. The second-order valence-electron chi connectivity index (χ2n) is 5.75. The van der Waals surface area contributed by atoms with E-state index in [1.807, 2.05) is 40.7 Å². The fraction of sp³-hybridized carbons (Fsp3) is 0.615. The van der Waals surface area contributed by atoms with Crippen LogP contribution < -0.4 is 11.2 Å². The molecule has 1 aliphatic rings. The highest BCUT2D eigenvalue weighted by molar-refractivity contribution is 6.62. The van der Waals surface area contributed by atoms with Gasteiger partial charge in [-0.15, -0.1) is 0 Å². The number of hydrogen-bond donors (Lipinski definition) is 1. The van der Waals surface area contributed by atoms with Crippen molar-refractivity contribution in [1.29, 1.82) is 0 Å². The van der Waals surface area contributed by atoms with Gasteiger partial charge >= 0.3 is 7.12 Å². The van der Waals surface area contributed by atoms with Crippen molar-refractivity contribution < 1.29 is 9.31 Å². The number of rotatable bonds is 2. The van der Waals surface area contributed by atoms with E-state index in [2.05, 4.69) is 4.98 Å². The molecule has 2 N–H and O–H groups in total.